The molecule has 0 rings (SSSR count). The second-order valence-corrected chi connectivity index (χ2v) is 7.57. The van der Waals surface area contributed by atoms with Crippen LogP contribution in [-0.4, -0.2) is 53.2 Å². The van der Waals surface area contributed by atoms with Crippen molar-refractivity contribution in [1.29, 1.82) is 0 Å². The first-order valence-corrected chi connectivity index (χ1v) is 12.6. The summed E-state index contributed by atoms with van der Waals surface area (Å²) in [7, 11) is 0. The van der Waals surface area contributed by atoms with Gasteiger partial charge in [-0.3, -0.25) is 14.4 Å². The molecule has 0 N–H and O–H groups in total. The van der Waals surface area contributed by atoms with Gasteiger partial charge in [-0.25, -0.2) is 0 Å². The van der Waals surface area contributed by atoms with Crippen molar-refractivity contribution in [3.63, 3.8) is 0 Å². The van der Waals surface area contributed by atoms with Gasteiger partial charge in [-0.15, -0.1) is 0 Å². The van der Waals surface area contributed by atoms with Crippen LogP contribution in [0.5, 0.6) is 0 Å². The molecule has 0 atom stereocenters. The Morgan fingerprint density at radius 1 is 0.475 bits per heavy atom. The Morgan fingerprint density at radius 3 is 0.875 bits per heavy atom. The molecule has 0 heterocycles. The molecule has 13 heteroatoms. The maximum absolute atomic E-state index is 10.7. The second-order valence-electron chi connectivity index (χ2n) is 7.57. The third-order valence-corrected chi connectivity index (χ3v) is 3.85. The molecule has 0 aliphatic carbocycles. The molecule has 0 aromatic carbocycles. The molecule has 0 aliphatic rings. The van der Waals surface area contributed by atoms with Crippen LogP contribution in [-0.2, 0) is 43.0 Å². The van der Waals surface area contributed by atoms with E-state index in [-0.39, 0.29) is 55.9 Å². The summed E-state index contributed by atoms with van der Waals surface area (Å²) in [6, 6.07) is 0. The van der Waals surface area contributed by atoms with Crippen molar-refractivity contribution >= 4 is 53.2 Å². The van der Waals surface area contributed by atoms with Gasteiger partial charge < -0.3 is 43.9 Å². The van der Waals surface area contributed by atoms with Crippen LogP contribution >= 0.6 is 0 Å². The van der Waals surface area contributed by atoms with Gasteiger partial charge >= 0.3 is 35.3 Å². The van der Waals surface area contributed by atoms with E-state index < -0.39 is 35.8 Å². The number of hydrogen-bond donors (Lipinski definition) is 0. The van der Waals surface area contributed by atoms with Crippen molar-refractivity contribution in [3.8, 4) is 0 Å². The summed E-state index contributed by atoms with van der Waals surface area (Å²) in [6.45, 7) is 6.01. The summed E-state index contributed by atoms with van der Waals surface area (Å²) in [5.74, 6) is -5.36. The van der Waals surface area contributed by atoms with Crippen molar-refractivity contribution in [2.45, 2.75) is 97.8 Å². The molecule has 0 fully saturated rings. The van der Waals surface area contributed by atoms with E-state index in [0.29, 0.717) is 0 Å². The summed E-state index contributed by atoms with van der Waals surface area (Å²) in [6.07, 6.45) is 13.2. The molecular weight excluding hydrogens is 543 g/mol. The molecule has 0 aromatic heterocycles. The van der Waals surface area contributed by atoms with Gasteiger partial charge in [0.2, 0.25) is 0 Å². The number of carbonyl (C=O) groups excluding carboxylic acids is 6. The first kappa shape index (κ1) is 43.6. The molecular formula is C27H39AlO12. The van der Waals surface area contributed by atoms with Crippen molar-refractivity contribution in [2.75, 3.05) is 0 Å². The predicted octanol–water partition coefficient (Wildman–Crippen LogP) is 0.740. The summed E-state index contributed by atoms with van der Waals surface area (Å²) < 4.78 is 13.8. The third-order valence-electron chi connectivity index (χ3n) is 3.85. The maximum Gasteiger partial charge on any atom is 3.00 e. The Hall–Kier alpha value is -3.43. The van der Waals surface area contributed by atoms with E-state index in [4.69, 9.17) is 0 Å². The van der Waals surface area contributed by atoms with Crippen LogP contribution in [0.25, 0.3) is 0 Å². The first-order chi connectivity index (χ1) is 18.5. The topological polar surface area (TPSA) is 199 Å². The van der Waals surface area contributed by atoms with Crippen LogP contribution in [0.2, 0.25) is 0 Å². The number of carboxylic acids is 3. The van der Waals surface area contributed by atoms with Gasteiger partial charge in [-0.05, 0) is 56.8 Å². The van der Waals surface area contributed by atoms with Crippen LogP contribution in [0.1, 0.15) is 97.8 Å². The number of ether oxygens (including phenoxy) is 3. The van der Waals surface area contributed by atoms with Crippen LogP contribution < -0.4 is 15.3 Å². The van der Waals surface area contributed by atoms with Gasteiger partial charge in [0.15, 0.2) is 0 Å². The normalized spacial score (nSPS) is 9.97. The zero-order valence-corrected chi connectivity index (χ0v) is 24.6. The van der Waals surface area contributed by atoms with Gasteiger partial charge in [-0.1, -0.05) is 40.0 Å². The van der Waals surface area contributed by atoms with Gasteiger partial charge in [0.1, 0.15) is 0 Å². The molecule has 0 saturated heterocycles. The van der Waals surface area contributed by atoms with Crippen LogP contribution in [0.3, 0.4) is 0 Å². The zero-order valence-electron chi connectivity index (χ0n) is 23.4. The number of esters is 3. The van der Waals surface area contributed by atoms with Gasteiger partial charge in [0.05, 0.1) is 38.0 Å². The molecule has 0 aromatic rings. The smallest absolute Gasteiger partial charge is 0.550 e. The van der Waals surface area contributed by atoms with E-state index >= 15 is 0 Å². The standard InChI is InChI=1S/3C9H14O4.Al/c3*1-2-3-4-7-13-9(12)6-5-8(10)11;/h3*4,7H,2-3,5-6H2,1H3,(H,10,11);/q;;;+3/p-3. The Labute approximate surface area is 246 Å². The number of carbonyl (C=O) groups is 6. The van der Waals surface area contributed by atoms with Crippen molar-refractivity contribution in [2.24, 2.45) is 0 Å². The van der Waals surface area contributed by atoms with Crippen molar-refractivity contribution < 1.29 is 58.3 Å². The van der Waals surface area contributed by atoms with E-state index in [1.54, 1.807) is 18.2 Å². The summed E-state index contributed by atoms with van der Waals surface area (Å²) in [4.78, 5) is 62.1. The quantitative estimate of drug-likeness (QED) is 0.0951. The fourth-order valence-corrected chi connectivity index (χ4v) is 1.87. The summed E-state index contributed by atoms with van der Waals surface area (Å²) >= 11 is 0. The number of allylic oxidation sites excluding steroid dienone is 3. The Morgan fingerprint density at radius 2 is 0.700 bits per heavy atom. The van der Waals surface area contributed by atoms with Crippen molar-refractivity contribution in [1.82, 2.24) is 0 Å². The van der Waals surface area contributed by atoms with E-state index in [1.807, 2.05) is 20.8 Å². The minimum atomic E-state index is -1.24. The molecule has 0 bridgehead atoms. The number of hydrogen-bond acceptors (Lipinski definition) is 12. The molecule has 12 nitrogen and oxygen atoms in total. The third kappa shape index (κ3) is 44.6. The molecule has 40 heavy (non-hydrogen) atoms. The molecule has 0 spiro atoms. The maximum atomic E-state index is 10.7. The zero-order chi connectivity index (χ0) is 30.3. The number of aliphatic carboxylic acids is 3. The van der Waals surface area contributed by atoms with Crippen LogP contribution in [0, 0.1) is 0 Å². The van der Waals surface area contributed by atoms with Crippen LogP contribution in [0.15, 0.2) is 37.0 Å². The minimum absolute atomic E-state index is 0. The molecule has 222 valence electrons. The number of rotatable bonds is 18. The predicted molar refractivity (Wildman–Crippen MR) is 139 cm³/mol. The molecule has 0 aliphatic heterocycles. The first-order valence-electron chi connectivity index (χ1n) is 12.6. The average Bonchev–Trinajstić information content (AvgIpc) is 2.88. The molecule has 0 amide bonds. The second kappa shape index (κ2) is 33.6. The number of unbranched alkanes of at least 4 members (excludes halogenated alkanes) is 3. The van der Waals surface area contributed by atoms with E-state index in [0.717, 1.165) is 38.5 Å². The molecule has 0 radical (unpaired) electrons. The van der Waals surface area contributed by atoms with E-state index in [9.17, 15) is 44.1 Å². The SMILES string of the molecule is CCCC=COC(=O)CCC(=O)[O-].CCCC=COC(=O)CCC(=O)[O-].CCCC=COC(=O)CCC(=O)[O-].[Al+3]. The summed E-state index contributed by atoms with van der Waals surface area (Å²) in [5, 5.41) is 29.8. The van der Waals surface area contributed by atoms with Gasteiger partial charge in [0.25, 0.3) is 0 Å². The van der Waals surface area contributed by atoms with E-state index in [1.165, 1.54) is 18.8 Å². The molecule has 0 unspecified atom stereocenters. The Kier molecular flexibility index (Phi) is 36.6. The number of carboxylic acid groups (broad SMARTS) is 3. The minimum Gasteiger partial charge on any atom is -0.550 e. The monoisotopic (exact) mass is 582 g/mol. The van der Waals surface area contributed by atoms with E-state index in [2.05, 4.69) is 14.2 Å². The molecule has 0 saturated carbocycles. The Balaban J connectivity index is -0.000000240. The van der Waals surface area contributed by atoms with Gasteiger partial charge in [-0.2, -0.15) is 0 Å². The van der Waals surface area contributed by atoms with Crippen LogP contribution in [0.4, 0.5) is 0 Å². The van der Waals surface area contributed by atoms with Crippen molar-refractivity contribution in [3.05, 3.63) is 37.0 Å². The fraction of sp³-hybridized carbons (Fsp3) is 0.556. The van der Waals surface area contributed by atoms with Gasteiger partial charge in [0, 0.05) is 17.9 Å². The summed E-state index contributed by atoms with van der Waals surface area (Å²) in [5.41, 5.74) is 0. The average molecular weight is 583 g/mol. The fourth-order valence-electron chi connectivity index (χ4n) is 1.87. The largest absolute Gasteiger partial charge is 3.00 e. The Bertz CT molecular complexity index is 699.